The number of anilines is 1. The number of nitrogens with zero attached hydrogens (tertiary/aromatic N) is 2. The number of rotatable bonds is 4. The molecule has 0 bridgehead atoms. The lowest BCUT2D eigenvalue weighted by molar-refractivity contribution is -0.120. The van der Waals surface area contributed by atoms with Gasteiger partial charge in [-0.2, -0.15) is 0 Å². The van der Waals surface area contributed by atoms with Crippen molar-refractivity contribution in [3.63, 3.8) is 0 Å². The number of fused-ring (bicyclic) bond motifs is 3. The fourth-order valence-electron chi connectivity index (χ4n) is 3.62. The molecule has 26 heavy (non-hydrogen) atoms. The monoisotopic (exact) mass is 349 g/mol. The van der Waals surface area contributed by atoms with Gasteiger partial charge in [-0.05, 0) is 50.5 Å². The molecule has 1 amide bonds. The van der Waals surface area contributed by atoms with Crippen molar-refractivity contribution in [2.75, 3.05) is 11.9 Å². The molecule has 1 N–H and O–H groups in total. The number of para-hydroxylation sites is 2. The van der Waals surface area contributed by atoms with Gasteiger partial charge in [0.1, 0.15) is 11.4 Å². The third-order valence-corrected chi connectivity index (χ3v) is 4.93. The minimum absolute atomic E-state index is 0.0467. The smallest absolute Gasteiger partial charge is 0.227 e. The van der Waals surface area contributed by atoms with Gasteiger partial charge in [0.15, 0.2) is 0 Å². The van der Waals surface area contributed by atoms with Gasteiger partial charge in [0, 0.05) is 24.2 Å². The van der Waals surface area contributed by atoms with Crippen LogP contribution in [0.4, 0.5) is 5.69 Å². The van der Waals surface area contributed by atoms with Gasteiger partial charge in [-0.15, -0.1) is 0 Å². The zero-order valence-electron chi connectivity index (χ0n) is 15.2. The fraction of sp³-hybridized carbons (Fsp3) is 0.333. The van der Waals surface area contributed by atoms with Gasteiger partial charge in [-0.1, -0.05) is 18.2 Å². The second-order valence-corrected chi connectivity index (χ2v) is 6.80. The van der Waals surface area contributed by atoms with E-state index in [1.807, 2.05) is 37.3 Å². The number of aromatic nitrogens is 2. The van der Waals surface area contributed by atoms with Gasteiger partial charge in [0.25, 0.3) is 0 Å². The van der Waals surface area contributed by atoms with Gasteiger partial charge >= 0.3 is 0 Å². The van der Waals surface area contributed by atoms with Crippen LogP contribution < -0.4 is 10.1 Å². The van der Waals surface area contributed by atoms with Crippen LogP contribution in [0.1, 0.15) is 30.3 Å². The number of aryl methyl sites for hydroxylation is 2. The number of carbonyl (C=O) groups is 1. The molecule has 1 aliphatic rings. The number of pyridine rings is 1. The van der Waals surface area contributed by atoms with Crippen molar-refractivity contribution >= 4 is 17.2 Å². The van der Waals surface area contributed by atoms with Crippen LogP contribution in [0.5, 0.6) is 5.75 Å². The molecule has 0 aliphatic heterocycles. The summed E-state index contributed by atoms with van der Waals surface area (Å²) in [6.07, 6.45) is 4.47. The average molecular weight is 349 g/mol. The van der Waals surface area contributed by atoms with E-state index < -0.39 is 0 Å². The molecule has 5 heteroatoms. The molecule has 1 atom stereocenters. The van der Waals surface area contributed by atoms with Gasteiger partial charge in [0.05, 0.1) is 18.0 Å². The Morgan fingerprint density at radius 3 is 3.00 bits per heavy atom. The summed E-state index contributed by atoms with van der Waals surface area (Å²) in [5.74, 6) is 0.702. The Balaban J connectivity index is 1.56. The molecule has 1 aromatic carbocycles. The molecule has 134 valence electrons. The summed E-state index contributed by atoms with van der Waals surface area (Å²) in [6, 6.07) is 11.7. The maximum atomic E-state index is 12.9. The Morgan fingerprint density at radius 1 is 1.31 bits per heavy atom. The van der Waals surface area contributed by atoms with E-state index in [4.69, 9.17) is 9.72 Å². The van der Waals surface area contributed by atoms with Crippen LogP contribution in [0.2, 0.25) is 0 Å². The summed E-state index contributed by atoms with van der Waals surface area (Å²) < 4.78 is 7.75. The minimum Gasteiger partial charge on any atom is -0.492 e. The zero-order chi connectivity index (χ0) is 18.1. The van der Waals surface area contributed by atoms with E-state index in [1.54, 1.807) is 0 Å². The molecule has 2 heterocycles. The maximum absolute atomic E-state index is 12.9. The first-order valence-electron chi connectivity index (χ1n) is 9.15. The van der Waals surface area contributed by atoms with Crippen LogP contribution in [0.3, 0.4) is 0 Å². The Labute approximate surface area is 153 Å². The first-order valence-corrected chi connectivity index (χ1v) is 9.15. The second-order valence-electron chi connectivity index (χ2n) is 6.80. The molecule has 1 aliphatic carbocycles. The molecule has 0 spiro atoms. The summed E-state index contributed by atoms with van der Waals surface area (Å²) in [5, 5.41) is 3.05. The van der Waals surface area contributed by atoms with Crippen molar-refractivity contribution < 1.29 is 9.53 Å². The maximum Gasteiger partial charge on any atom is 0.227 e. The average Bonchev–Trinajstić information content (AvgIpc) is 3.00. The number of carbonyl (C=O) groups excluding carboxylic acids is 1. The number of hydrogen-bond acceptors (Lipinski definition) is 3. The topological polar surface area (TPSA) is 55.6 Å². The Hall–Kier alpha value is -2.82. The van der Waals surface area contributed by atoms with E-state index >= 15 is 0 Å². The molecule has 5 nitrogen and oxygen atoms in total. The van der Waals surface area contributed by atoms with Crippen LogP contribution in [0.25, 0.3) is 5.65 Å². The van der Waals surface area contributed by atoms with Crippen LogP contribution in [0, 0.1) is 12.8 Å². The number of nitrogens with one attached hydrogen (secondary N) is 1. The highest BCUT2D eigenvalue weighted by molar-refractivity contribution is 5.94. The van der Waals surface area contributed by atoms with Crippen LogP contribution >= 0.6 is 0 Å². The largest absolute Gasteiger partial charge is 0.492 e. The molecular formula is C21H23N3O2. The molecule has 4 rings (SSSR count). The normalized spacial score (nSPS) is 16.3. The minimum atomic E-state index is -0.0578. The van der Waals surface area contributed by atoms with Crippen molar-refractivity contribution in [1.82, 2.24) is 9.38 Å². The summed E-state index contributed by atoms with van der Waals surface area (Å²) in [4.78, 5) is 17.6. The molecule has 3 aromatic rings. The van der Waals surface area contributed by atoms with Crippen LogP contribution in [0.15, 0.2) is 42.6 Å². The van der Waals surface area contributed by atoms with E-state index in [0.717, 1.165) is 35.6 Å². The number of imidazole rings is 1. The second kappa shape index (κ2) is 6.83. The van der Waals surface area contributed by atoms with E-state index in [2.05, 4.69) is 28.9 Å². The molecule has 0 saturated heterocycles. The van der Waals surface area contributed by atoms with E-state index in [0.29, 0.717) is 18.8 Å². The molecule has 1 unspecified atom stereocenters. The van der Waals surface area contributed by atoms with Crippen molar-refractivity contribution in [2.45, 2.75) is 33.1 Å². The summed E-state index contributed by atoms with van der Waals surface area (Å²) in [5.41, 5.74) is 5.17. The standard InChI is InChI=1S/C21H23N3O2/c1-3-26-19-7-5-4-6-17(19)23-21(25)15-9-10-16-18(12-15)24-13-14(2)8-11-20(24)22-16/h4-8,11,13,15H,3,9-10,12H2,1-2H3,(H,23,25). The Bertz CT molecular complexity index is 961. The van der Waals surface area contributed by atoms with E-state index in [1.165, 1.54) is 5.56 Å². The van der Waals surface area contributed by atoms with Crippen LogP contribution in [-0.2, 0) is 17.6 Å². The van der Waals surface area contributed by atoms with Gasteiger partial charge in [-0.25, -0.2) is 4.98 Å². The SMILES string of the molecule is CCOc1ccccc1NC(=O)C1CCc2nc3ccc(C)cn3c2C1. The van der Waals surface area contributed by atoms with E-state index in [9.17, 15) is 4.79 Å². The van der Waals surface area contributed by atoms with Gasteiger partial charge < -0.3 is 14.5 Å². The molecule has 0 saturated carbocycles. The Morgan fingerprint density at radius 2 is 2.15 bits per heavy atom. The lowest BCUT2D eigenvalue weighted by atomic mass is 9.89. The highest BCUT2D eigenvalue weighted by Gasteiger charge is 2.28. The van der Waals surface area contributed by atoms with Crippen molar-refractivity contribution in [1.29, 1.82) is 0 Å². The lowest BCUT2D eigenvalue weighted by Crippen LogP contribution is -2.28. The Kier molecular flexibility index (Phi) is 4.37. The summed E-state index contributed by atoms with van der Waals surface area (Å²) >= 11 is 0. The molecule has 0 radical (unpaired) electrons. The quantitative estimate of drug-likeness (QED) is 0.780. The predicted octanol–water partition coefficient (Wildman–Crippen LogP) is 3.79. The third-order valence-electron chi connectivity index (χ3n) is 4.93. The van der Waals surface area contributed by atoms with Crippen LogP contribution in [-0.4, -0.2) is 21.9 Å². The number of amides is 1. The number of benzene rings is 1. The van der Waals surface area contributed by atoms with Crippen molar-refractivity contribution in [3.8, 4) is 5.75 Å². The molecule has 2 aromatic heterocycles. The van der Waals surface area contributed by atoms with Gasteiger partial charge in [0.2, 0.25) is 5.91 Å². The number of ether oxygens (including phenoxy) is 1. The first kappa shape index (κ1) is 16.6. The zero-order valence-corrected chi connectivity index (χ0v) is 15.2. The van der Waals surface area contributed by atoms with Crippen molar-refractivity contribution in [3.05, 3.63) is 59.5 Å². The summed E-state index contributed by atoms with van der Waals surface area (Å²) in [6.45, 7) is 4.58. The first-order chi connectivity index (χ1) is 12.7. The highest BCUT2D eigenvalue weighted by atomic mass is 16.5. The van der Waals surface area contributed by atoms with Gasteiger partial charge in [-0.3, -0.25) is 4.79 Å². The number of hydrogen-bond donors (Lipinski definition) is 1. The fourth-order valence-corrected chi connectivity index (χ4v) is 3.62. The third kappa shape index (κ3) is 3.05. The van der Waals surface area contributed by atoms with Crippen molar-refractivity contribution in [2.24, 2.45) is 5.92 Å². The molecule has 0 fully saturated rings. The lowest BCUT2D eigenvalue weighted by Gasteiger charge is -2.22. The predicted molar refractivity (Wildman–Crippen MR) is 102 cm³/mol. The highest BCUT2D eigenvalue weighted by Crippen LogP contribution is 2.29. The van der Waals surface area contributed by atoms with E-state index in [-0.39, 0.29) is 11.8 Å². The molecular weight excluding hydrogens is 326 g/mol. The summed E-state index contributed by atoms with van der Waals surface area (Å²) in [7, 11) is 0.